The van der Waals surface area contributed by atoms with Crippen molar-refractivity contribution in [2.45, 2.75) is 45.3 Å². The molecule has 0 saturated carbocycles. The summed E-state index contributed by atoms with van der Waals surface area (Å²) in [6.45, 7) is 3.90. The summed E-state index contributed by atoms with van der Waals surface area (Å²) in [7, 11) is 0. The SMILES string of the molecule is CC(O)C1CCN(C(=O)CCCn2nnc(-c3ccccc3)n2)CC1. The molecule has 0 spiro atoms. The number of nitrogens with zero attached hydrogens (tertiary/aromatic N) is 5. The molecule has 2 aromatic rings. The first-order valence-electron chi connectivity index (χ1n) is 8.92. The minimum absolute atomic E-state index is 0.174. The minimum Gasteiger partial charge on any atom is -0.393 e. The Morgan fingerprint density at radius 2 is 2.00 bits per heavy atom. The van der Waals surface area contributed by atoms with Crippen molar-refractivity contribution in [1.82, 2.24) is 25.1 Å². The molecular formula is C18H25N5O2. The molecule has 1 unspecified atom stereocenters. The van der Waals surface area contributed by atoms with Crippen molar-refractivity contribution in [2.75, 3.05) is 13.1 Å². The summed E-state index contributed by atoms with van der Waals surface area (Å²) in [6.07, 6.45) is 2.67. The third kappa shape index (κ3) is 4.63. The van der Waals surface area contributed by atoms with Crippen LogP contribution in [0.25, 0.3) is 11.4 Å². The fraction of sp³-hybridized carbons (Fsp3) is 0.556. The first-order valence-corrected chi connectivity index (χ1v) is 8.92. The second-order valence-electron chi connectivity index (χ2n) is 6.64. The topological polar surface area (TPSA) is 84.1 Å². The Kier molecular flexibility index (Phi) is 5.75. The van der Waals surface area contributed by atoms with Crippen molar-refractivity contribution in [3.05, 3.63) is 30.3 Å². The highest BCUT2D eigenvalue weighted by Crippen LogP contribution is 2.21. The third-order valence-corrected chi connectivity index (χ3v) is 4.81. The standard InChI is InChI=1S/C18H25N5O2/c1-14(24)15-9-12-22(13-10-15)17(25)8-5-11-23-20-18(19-21-23)16-6-3-2-4-7-16/h2-4,6-7,14-15,24H,5,8-13H2,1H3. The van der Waals surface area contributed by atoms with Gasteiger partial charge in [0.1, 0.15) is 0 Å². The Morgan fingerprint density at radius 1 is 1.28 bits per heavy atom. The lowest BCUT2D eigenvalue weighted by atomic mass is 9.92. The average molecular weight is 343 g/mol. The molecule has 2 heterocycles. The van der Waals surface area contributed by atoms with E-state index in [2.05, 4.69) is 15.4 Å². The number of aliphatic hydroxyl groups is 1. The molecule has 25 heavy (non-hydrogen) atoms. The van der Waals surface area contributed by atoms with Crippen LogP contribution in [-0.2, 0) is 11.3 Å². The molecule has 1 atom stereocenters. The van der Waals surface area contributed by atoms with E-state index in [1.807, 2.05) is 42.2 Å². The number of amides is 1. The molecule has 1 aliphatic rings. The summed E-state index contributed by atoms with van der Waals surface area (Å²) in [6, 6.07) is 9.72. The number of carbonyl (C=O) groups excluding carboxylic acids is 1. The molecule has 1 aromatic heterocycles. The minimum atomic E-state index is -0.283. The highest BCUT2D eigenvalue weighted by Gasteiger charge is 2.25. The van der Waals surface area contributed by atoms with Crippen LogP contribution < -0.4 is 0 Å². The number of likely N-dealkylation sites (tertiary alicyclic amines) is 1. The monoisotopic (exact) mass is 343 g/mol. The van der Waals surface area contributed by atoms with Crippen molar-refractivity contribution < 1.29 is 9.90 Å². The molecule has 0 bridgehead atoms. The molecule has 1 aromatic carbocycles. The number of rotatable bonds is 6. The summed E-state index contributed by atoms with van der Waals surface area (Å²) in [5.41, 5.74) is 0.936. The largest absolute Gasteiger partial charge is 0.393 e. The van der Waals surface area contributed by atoms with E-state index in [-0.39, 0.29) is 12.0 Å². The van der Waals surface area contributed by atoms with Gasteiger partial charge in [-0.05, 0) is 37.3 Å². The van der Waals surface area contributed by atoms with E-state index >= 15 is 0 Å². The van der Waals surface area contributed by atoms with Gasteiger partial charge >= 0.3 is 0 Å². The molecule has 1 amide bonds. The first-order chi connectivity index (χ1) is 12.1. The number of hydrogen-bond donors (Lipinski definition) is 1. The lowest BCUT2D eigenvalue weighted by Gasteiger charge is -2.33. The van der Waals surface area contributed by atoms with Crippen LogP contribution in [0.1, 0.15) is 32.6 Å². The van der Waals surface area contributed by atoms with E-state index in [9.17, 15) is 9.90 Å². The molecule has 134 valence electrons. The maximum atomic E-state index is 12.3. The zero-order chi connectivity index (χ0) is 17.6. The van der Waals surface area contributed by atoms with Gasteiger partial charge in [-0.2, -0.15) is 4.80 Å². The highest BCUT2D eigenvalue weighted by atomic mass is 16.3. The van der Waals surface area contributed by atoms with Crippen molar-refractivity contribution in [1.29, 1.82) is 0 Å². The number of aromatic nitrogens is 4. The lowest BCUT2D eigenvalue weighted by molar-refractivity contribution is -0.133. The predicted octanol–water partition coefficient (Wildman–Crippen LogP) is 1.74. The first kappa shape index (κ1) is 17.5. The summed E-state index contributed by atoms with van der Waals surface area (Å²) < 4.78 is 0. The quantitative estimate of drug-likeness (QED) is 0.864. The smallest absolute Gasteiger partial charge is 0.222 e. The molecule has 7 heteroatoms. The second-order valence-corrected chi connectivity index (χ2v) is 6.64. The number of tetrazole rings is 1. The van der Waals surface area contributed by atoms with Gasteiger partial charge in [0.25, 0.3) is 0 Å². The summed E-state index contributed by atoms with van der Waals surface area (Å²) in [5, 5.41) is 22.1. The number of piperidine rings is 1. The van der Waals surface area contributed by atoms with Gasteiger partial charge in [0.15, 0.2) is 0 Å². The lowest BCUT2D eigenvalue weighted by Crippen LogP contribution is -2.40. The molecule has 1 fully saturated rings. The predicted molar refractivity (Wildman–Crippen MR) is 93.5 cm³/mol. The summed E-state index contributed by atoms with van der Waals surface area (Å²) in [4.78, 5) is 15.7. The summed E-state index contributed by atoms with van der Waals surface area (Å²) >= 11 is 0. The van der Waals surface area contributed by atoms with E-state index in [1.165, 1.54) is 0 Å². The van der Waals surface area contributed by atoms with Crippen molar-refractivity contribution in [2.24, 2.45) is 5.92 Å². The normalized spacial score (nSPS) is 16.8. The van der Waals surface area contributed by atoms with E-state index in [0.29, 0.717) is 31.1 Å². The third-order valence-electron chi connectivity index (χ3n) is 4.81. The molecule has 1 saturated heterocycles. The number of aryl methyl sites for hydroxylation is 1. The van der Waals surface area contributed by atoms with Gasteiger partial charge in [-0.15, -0.1) is 10.2 Å². The fourth-order valence-corrected chi connectivity index (χ4v) is 3.20. The average Bonchev–Trinajstić information content (AvgIpc) is 3.11. The van der Waals surface area contributed by atoms with Crippen molar-refractivity contribution in [3.8, 4) is 11.4 Å². The maximum Gasteiger partial charge on any atom is 0.222 e. The van der Waals surface area contributed by atoms with Gasteiger partial charge in [0, 0.05) is 25.1 Å². The van der Waals surface area contributed by atoms with Crippen LogP contribution >= 0.6 is 0 Å². The Balaban J connectivity index is 1.43. The Labute approximate surface area is 147 Å². The molecule has 3 rings (SSSR count). The van der Waals surface area contributed by atoms with Crippen molar-refractivity contribution >= 4 is 5.91 Å². The number of benzene rings is 1. The summed E-state index contributed by atoms with van der Waals surface area (Å²) in [5.74, 6) is 1.10. The van der Waals surface area contributed by atoms with Gasteiger partial charge < -0.3 is 10.0 Å². The molecule has 1 N–H and O–H groups in total. The van der Waals surface area contributed by atoms with E-state index in [4.69, 9.17) is 0 Å². The van der Waals surface area contributed by atoms with Crippen LogP contribution in [-0.4, -0.2) is 55.3 Å². The molecule has 0 aliphatic carbocycles. The van der Waals surface area contributed by atoms with Gasteiger partial charge in [0.05, 0.1) is 12.6 Å². The zero-order valence-corrected chi connectivity index (χ0v) is 14.6. The zero-order valence-electron chi connectivity index (χ0n) is 14.6. The number of carbonyl (C=O) groups is 1. The molecule has 1 aliphatic heterocycles. The van der Waals surface area contributed by atoms with Crippen LogP contribution in [0.4, 0.5) is 0 Å². The fourth-order valence-electron chi connectivity index (χ4n) is 3.20. The van der Waals surface area contributed by atoms with Crippen molar-refractivity contribution in [3.63, 3.8) is 0 Å². The Hall–Kier alpha value is -2.28. The van der Waals surface area contributed by atoms with Gasteiger partial charge in [0.2, 0.25) is 11.7 Å². The van der Waals surface area contributed by atoms with Crippen LogP contribution in [0.2, 0.25) is 0 Å². The number of hydrogen-bond acceptors (Lipinski definition) is 5. The number of aliphatic hydroxyl groups excluding tert-OH is 1. The van der Waals surface area contributed by atoms with Crippen LogP contribution in [0.3, 0.4) is 0 Å². The highest BCUT2D eigenvalue weighted by molar-refractivity contribution is 5.76. The maximum absolute atomic E-state index is 12.3. The van der Waals surface area contributed by atoms with E-state index in [1.54, 1.807) is 4.80 Å². The Morgan fingerprint density at radius 3 is 2.68 bits per heavy atom. The molecule has 7 nitrogen and oxygen atoms in total. The van der Waals surface area contributed by atoms with Crippen LogP contribution in [0.5, 0.6) is 0 Å². The molecule has 0 radical (unpaired) electrons. The second kappa shape index (κ2) is 8.20. The molecular weight excluding hydrogens is 318 g/mol. The van der Waals surface area contributed by atoms with Crippen LogP contribution in [0, 0.1) is 5.92 Å². The van der Waals surface area contributed by atoms with Gasteiger partial charge in [-0.1, -0.05) is 30.3 Å². The van der Waals surface area contributed by atoms with Crippen LogP contribution in [0.15, 0.2) is 30.3 Å². The van der Waals surface area contributed by atoms with E-state index < -0.39 is 0 Å². The van der Waals surface area contributed by atoms with Gasteiger partial charge in [-0.25, -0.2) is 0 Å². The van der Waals surface area contributed by atoms with E-state index in [0.717, 1.165) is 31.5 Å². The Bertz CT molecular complexity index is 678. The van der Waals surface area contributed by atoms with Gasteiger partial charge in [-0.3, -0.25) is 4.79 Å².